The molecule has 4 rings (SSSR count). The van der Waals surface area contributed by atoms with Crippen LogP contribution in [0.3, 0.4) is 0 Å². The van der Waals surface area contributed by atoms with E-state index in [2.05, 4.69) is 15.1 Å². The SMILES string of the molecule is Cc1ccc(-c2noc(CCC(=O)N3CCCC3c3ccncc3)n2)cc1. The highest BCUT2D eigenvalue weighted by Crippen LogP contribution is 2.32. The van der Waals surface area contributed by atoms with Crippen molar-refractivity contribution in [1.29, 1.82) is 0 Å². The molecular weight excluding hydrogens is 340 g/mol. The number of pyridine rings is 1. The fraction of sp³-hybridized carbons (Fsp3) is 0.333. The largest absolute Gasteiger partial charge is 0.339 e. The first-order valence-corrected chi connectivity index (χ1v) is 9.30. The van der Waals surface area contributed by atoms with Crippen LogP contribution in [0.25, 0.3) is 11.4 Å². The zero-order valence-corrected chi connectivity index (χ0v) is 15.3. The number of benzene rings is 1. The minimum absolute atomic E-state index is 0.129. The van der Waals surface area contributed by atoms with Gasteiger partial charge in [0.2, 0.25) is 17.6 Å². The number of aromatic nitrogens is 3. The van der Waals surface area contributed by atoms with Crippen molar-refractivity contribution in [2.75, 3.05) is 6.54 Å². The van der Waals surface area contributed by atoms with Crippen LogP contribution in [0.2, 0.25) is 0 Å². The molecule has 1 aromatic carbocycles. The van der Waals surface area contributed by atoms with E-state index in [1.807, 2.05) is 48.2 Å². The minimum Gasteiger partial charge on any atom is -0.339 e. The summed E-state index contributed by atoms with van der Waals surface area (Å²) in [6, 6.07) is 12.1. The molecule has 2 aromatic heterocycles. The number of hydrogen-bond acceptors (Lipinski definition) is 5. The topological polar surface area (TPSA) is 72.1 Å². The molecule has 1 aliphatic rings. The van der Waals surface area contributed by atoms with Gasteiger partial charge in [-0.25, -0.2) is 0 Å². The number of carbonyl (C=O) groups is 1. The number of carbonyl (C=O) groups excluding carboxylic acids is 1. The lowest BCUT2D eigenvalue weighted by Crippen LogP contribution is -2.30. The third kappa shape index (κ3) is 3.89. The average molecular weight is 362 g/mol. The molecule has 0 radical (unpaired) electrons. The van der Waals surface area contributed by atoms with Gasteiger partial charge >= 0.3 is 0 Å². The molecule has 0 spiro atoms. The van der Waals surface area contributed by atoms with E-state index in [4.69, 9.17) is 4.52 Å². The quantitative estimate of drug-likeness (QED) is 0.691. The van der Waals surface area contributed by atoms with Crippen molar-refractivity contribution >= 4 is 5.91 Å². The molecule has 1 aliphatic heterocycles. The molecule has 1 saturated heterocycles. The Morgan fingerprint density at radius 3 is 2.74 bits per heavy atom. The molecule has 0 aliphatic carbocycles. The highest BCUT2D eigenvalue weighted by Gasteiger charge is 2.29. The van der Waals surface area contributed by atoms with Crippen molar-refractivity contribution in [2.45, 2.75) is 38.6 Å². The van der Waals surface area contributed by atoms with Gasteiger partial charge in [0.25, 0.3) is 0 Å². The Balaban J connectivity index is 1.39. The Morgan fingerprint density at radius 1 is 1.19 bits per heavy atom. The van der Waals surface area contributed by atoms with Crippen LogP contribution in [0.1, 0.15) is 42.3 Å². The van der Waals surface area contributed by atoms with Crippen molar-refractivity contribution in [2.24, 2.45) is 0 Å². The summed E-state index contributed by atoms with van der Waals surface area (Å²) in [5.41, 5.74) is 3.25. The van der Waals surface area contributed by atoms with E-state index in [1.54, 1.807) is 12.4 Å². The lowest BCUT2D eigenvalue weighted by Gasteiger charge is -2.24. The fourth-order valence-electron chi connectivity index (χ4n) is 3.53. The molecule has 1 unspecified atom stereocenters. The zero-order valence-electron chi connectivity index (χ0n) is 15.3. The maximum atomic E-state index is 12.7. The van der Waals surface area contributed by atoms with Gasteiger partial charge in [-0.05, 0) is 37.5 Å². The molecule has 6 heteroatoms. The Hall–Kier alpha value is -3.02. The zero-order chi connectivity index (χ0) is 18.6. The van der Waals surface area contributed by atoms with Crippen LogP contribution in [0.4, 0.5) is 0 Å². The Morgan fingerprint density at radius 2 is 1.96 bits per heavy atom. The van der Waals surface area contributed by atoms with Gasteiger partial charge in [0.15, 0.2) is 0 Å². The van der Waals surface area contributed by atoms with E-state index < -0.39 is 0 Å². The van der Waals surface area contributed by atoms with Crippen LogP contribution in [0, 0.1) is 6.92 Å². The summed E-state index contributed by atoms with van der Waals surface area (Å²) >= 11 is 0. The van der Waals surface area contributed by atoms with Crippen molar-refractivity contribution in [3.05, 3.63) is 65.8 Å². The summed E-state index contributed by atoms with van der Waals surface area (Å²) in [5, 5.41) is 4.04. The first-order valence-electron chi connectivity index (χ1n) is 9.30. The van der Waals surface area contributed by atoms with Crippen molar-refractivity contribution in [3.63, 3.8) is 0 Å². The van der Waals surface area contributed by atoms with Crippen LogP contribution < -0.4 is 0 Å². The molecule has 0 N–H and O–H groups in total. The summed E-state index contributed by atoms with van der Waals surface area (Å²) in [7, 11) is 0. The van der Waals surface area contributed by atoms with Crippen molar-refractivity contribution in [3.8, 4) is 11.4 Å². The third-order valence-corrected chi connectivity index (χ3v) is 4.99. The number of aryl methyl sites for hydroxylation is 2. The lowest BCUT2D eigenvalue weighted by atomic mass is 10.1. The Bertz CT molecular complexity index is 905. The second kappa shape index (κ2) is 7.70. The Kier molecular flexibility index (Phi) is 4.96. The van der Waals surface area contributed by atoms with E-state index in [-0.39, 0.29) is 11.9 Å². The van der Waals surface area contributed by atoms with E-state index in [0.717, 1.165) is 30.5 Å². The van der Waals surface area contributed by atoms with E-state index in [9.17, 15) is 4.79 Å². The normalized spacial score (nSPS) is 16.6. The summed E-state index contributed by atoms with van der Waals surface area (Å²) in [4.78, 5) is 23.2. The molecule has 3 aromatic rings. The van der Waals surface area contributed by atoms with E-state index in [0.29, 0.717) is 24.6 Å². The highest BCUT2D eigenvalue weighted by atomic mass is 16.5. The summed E-state index contributed by atoms with van der Waals surface area (Å²) < 4.78 is 5.33. The van der Waals surface area contributed by atoms with Crippen LogP contribution in [-0.4, -0.2) is 32.5 Å². The highest BCUT2D eigenvalue weighted by molar-refractivity contribution is 5.77. The van der Waals surface area contributed by atoms with Crippen LogP contribution in [0.5, 0.6) is 0 Å². The molecule has 1 fully saturated rings. The molecule has 0 bridgehead atoms. The second-order valence-corrected chi connectivity index (χ2v) is 6.90. The molecule has 1 amide bonds. The molecule has 0 saturated carbocycles. The van der Waals surface area contributed by atoms with Crippen LogP contribution in [-0.2, 0) is 11.2 Å². The molecule has 3 heterocycles. The van der Waals surface area contributed by atoms with Gasteiger partial charge < -0.3 is 9.42 Å². The average Bonchev–Trinajstić information content (AvgIpc) is 3.37. The van der Waals surface area contributed by atoms with Gasteiger partial charge in [-0.15, -0.1) is 0 Å². The summed E-state index contributed by atoms with van der Waals surface area (Å²) in [6.45, 7) is 2.83. The third-order valence-electron chi connectivity index (χ3n) is 4.99. The van der Waals surface area contributed by atoms with Crippen LogP contribution in [0.15, 0.2) is 53.3 Å². The fourth-order valence-corrected chi connectivity index (χ4v) is 3.53. The number of amides is 1. The number of nitrogens with zero attached hydrogens (tertiary/aromatic N) is 4. The molecule has 1 atom stereocenters. The number of rotatable bonds is 5. The van der Waals surface area contributed by atoms with Gasteiger partial charge in [-0.3, -0.25) is 9.78 Å². The molecule has 27 heavy (non-hydrogen) atoms. The lowest BCUT2D eigenvalue weighted by molar-refractivity contribution is -0.132. The standard InChI is InChI=1S/C21H22N4O2/c1-15-4-6-17(7-5-15)21-23-19(27-24-21)8-9-20(26)25-14-2-3-18(25)16-10-12-22-13-11-16/h4-7,10-13,18H,2-3,8-9,14H2,1H3. The second-order valence-electron chi connectivity index (χ2n) is 6.90. The van der Waals surface area contributed by atoms with Gasteiger partial charge in [0.1, 0.15) is 0 Å². The molecule has 138 valence electrons. The predicted molar refractivity (Wildman–Crippen MR) is 101 cm³/mol. The first kappa shape index (κ1) is 17.4. The van der Waals surface area contributed by atoms with E-state index in [1.165, 1.54) is 5.56 Å². The maximum Gasteiger partial charge on any atom is 0.227 e. The summed E-state index contributed by atoms with van der Waals surface area (Å²) in [6.07, 6.45) is 6.40. The van der Waals surface area contributed by atoms with E-state index >= 15 is 0 Å². The van der Waals surface area contributed by atoms with Gasteiger partial charge in [0.05, 0.1) is 6.04 Å². The molecular formula is C21H22N4O2. The van der Waals surface area contributed by atoms with Gasteiger partial charge in [-0.2, -0.15) is 4.98 Å². The van der Waals surface area contributed by atoms with Crippen molar-refractivity contribution in [1.82, 2.24) is 20.0 Å². The number of likely N-dealkylation sites (tertiary alicyclic amines) is 1. The maximum absolute atomic E-state index is 12.7. The smallest absolute Gasteiger partial charge is 0.227 e. The summed E-state index contributed by atoms with van der Waals surface area (Å²) in [5.74, 6) is 1.19. The van der Waals surface area contributed by atoms with Gasteiger partial charge in [-0.1, -0.05) is 35.0 Å². The predicted octanol–water partition coefficient (Wildman–Crippen LogP) is 3.74. The number of hydrogen-bond donors (Lipinski definition) is 0. The van der Waals surface area contributed by atoms with Gasteiger partial charge in [0, 0.05) is 37.3 Å². The van der Waals surface area contributed by atoms with Crippen LogP contribution >= 0.6 is 0 Å². The Labute approximate surface area is 158 Å². The molecule has 6 nitrogen and oxygen atoms in total. The monoisotopic (exact) mass is 362 g/mol. The first-order chi connectivity index (χ1) is 13.2. The van der Waals surface area contributed by atoms with Crippen molar-refractivity contribution < 1.29 is 9.32 Å². The minimum atomic E-state index is 0.129.